The largest absolute Gasteiger partial charge is 0.756 e. The second-order valence-corrected chi connectivity index (χ2v) is 16.7. The zero-order valence-electron chi connectivity index (χ0n) is 34.2. The first kappa shape index (κ1) is 50.5. The number of unbranched alkanes of at least 4 members (excludes halogenated alkanes) is 18. The monoisotopic (exact) mass is 753 g/mol. The molecule has 0 spiro atoms. The van der Waals surface area contributed by atoms with Gasteiger partial charge in [0.25, 0.3) is 7.82 Å². The number of quaternary nitrogens is 1. The summed E-state index contributed by atoms with van der Waals surface area (Å²) in [6.45, 7) is 4.56. The highest BCUT2D eigenvalue weighted by Gasteiger charge is 2.23. The molecule has 304 valence electrons. The molecule has 52 heavy (non-hydrogen) atoms. The van der Waals surface area contributed by atoms with Gasteiger partial charge in [0.2, 0.25) is 5.91 Å². The molecule has 0 aromatic carbocycles. The highest BCUT2D eigenvalue weighted by Crippen LogP contribution is 2.38. The Hall–Kier alpha value is -1.54. The Bertz CT molecular complexity index is 991. The molecule has 0 aliphatic rings. The lowest BCUT2D eigenvalue weighted by Gasteiger charge is -2.29. The van der Waals surface area contributed by atoms with Crippen LogP contribution in [0.4, 0.5) is 0 Å². The molecule has 0 saturated carbocycles. The lowest BCUT2D eigenvalue weighted by atomic mass is 10.1. The first-order valence-corrected chi connectivity index (χ1v) is 22.5. The number of nitrogens with zero attached hydrogens (tertiary/aromatic N) is 1. The number of hydrogen-bond donors (Lipinski definition) is 2. The van der Waals surface area contributed by atoms with Crippen LogP contribution in [0, 0.1) is 0 Å². The molecule has 0 radical (unpaired) electrons. The van der Waals surface area contributed by atoms with Crippen LogP contribution in [-0.4, -0.2) is 68.5 Å². The topological polar surface area (TPSA) is 108 Å². The lowest BCUT2D eigenvalue weighted by Crippen LogP contribution is -2.45. The molecule has 0 bridgehead atoms. The molecule has 2 N–H and O–H groups in total. The molecule has 0 rings (SSSR count). The first-order valence-electron chi connectivity index (χ1n) is 21.0. The number of likely N-dealkylation sites (N-methyl/N-ethyl adjacent to an activating group) is 1. The maximum absolute atomic E-state index is 12.8. The van der Waals surface area contributed by atoms with Gasteiger partial charge >= 0.3 is 0 Å². The number of aliphatic hydroxyl groups is 1. The summed E-state index contributed by atoms with van der Waals surface area (Å²) < 4.78 is 23.1. The summed E-state index contributed by atoms with van der Waals surface area (Å²) >= 11 is 0. The zero-order valence-corrected chi connectivity index (χ0v) is 35.1. The van der Waals surface area contributed by atoms with Crippen LogP contribution in [0.15, 0.2) is 48.6 Å². The third kappa shape index (κ3) is 36.8. The predicted molar refractivity (Wildman–Crippen MR) is 219 cm³/mol. The van der Waals surface area contributed by atoms with E-state index >= 15 is 0 Å². The molecule has 9 heteroatoms. The third-order valence-corrected chi connectivity index (χ3v) is 9.98. The Morgan fingerprint density at radius 2 is 1.13 bits per heavy atom. The van der Waals surface area contributed by atoms with Crippen LogP contribution in [0.3, 0.4) is 0 Å². The van der Waals surface area contributed by atoms with Crippen LogP contribution >= 0.6 is 7.82 Å². The molecule has 0 aliphatic carbocycles. The minimum Gasteiger partial charge on any atom is -0.756 e. The van der Waals surface area contributed by atoms with Gasteiger partial charge in [0.05, 0.1) is 39.9 Å². The van der Waals surface area contributed by atoms with Crippen LogP contribution in [0.5, 0.6) is 0 Å². The fourth-order valence-electron chi connectivity index (χ4n) is 5.61. The van der Waals surface area contributed by atoms with E-state index in [-0.39, 0.29) is 12.5 Å². The molecule has 0 aromatic heterocycles. The van der Waals surface area contributed by atoms with Gasteiger partial charge in [-0.15, -0.1) is 0 Å². The van der Waals surface area contributed by atoms with Crippen molar-refractivity contribution in [2.24, 2.45) is 0 Å². The van der Waals surface area contributed by atoms with Crippen molar-refractivity contribution in [3.63, 3.8) is 0 Å². The van der Waals surface area contributed by atoms with Crippen LogP contribution < -0.4 is 10.2 Å². The second kappa shape index (κ2) is 35.2. The van der Waals surface area contributed by atoms with Crippen LogP contribution in [0.2, 0.25) is 0 Å². The Morgan fingerprint density at radius 1 is 0.673 bits per heavy atom. The second-order valence-electron chi connectivity index (χ2n) is 15.3. The average Bonchev–Trinajstić information content (AvgIpc) is 3.09. The summed E-state index contributed by atoms with van der Waals surface area (Å²) in [5.74, 6) is -0.224. The fourth-order valence-corrected chi connectivity index (χ4v) is 6.33. The Balaban J connectivity index is 4.57. The quantitative estimate of drug-likeness (QED) is 0.0283. The summed E-state index contributed by atoms with van der Waals surface area (Å²) in [5.41, 5.74) is 0. The minimum atomic E-state index is -4.60. The van der Waals surface area contributed by atoms with Crippen molar-refractivity contribution >= 4 is 13.7 Å². The van der Waals surface area contributed by atoms with Crippen LogP contribution in [-0.2, 0) is 18.4 Å². The van der Waals surface area contributed by atoms with Crippen molar-refractivity contribution in [1.82, 2.24) is 5.32 Å². The van der Waals surface area contributed by atoms with Gasteiger partial charge in [0, 0.05) is 6.42 Å². The summed E-state index contributed by atoms with van der Waals surface area (Å²) in [6.07, 6.45) is 42.9. The summed E-state index contributed by atoms with van der Waals surface area (Å²) in [4.78, 5) is 25.2. The highest BCUT2D eigenvalue weighted by atomic mass is 31.2. The van der Waals surface area contributed by atoms with Crippen molar-refractivity contribution in [3.05, 3.63) is 48.6 Å². The van der Waals surface area contributed by atoms with Gasteiger partial charge in [-0.2, -0.15) is 0 Å². The Kier molecular flexibility index (Phi) is 34.1. The molecule has 3 unspecified atom stereocenters. The number of hydrogen-bond acceptors (Lipinski definition) is 6. The predicted octanol–water partition coefficient (Wildman–Crippen LogP) is 10.7. The van der Waals surface area contributed by atoms with E-state index in [4.69, 9.17) is 9.05 Å². The molecule has 0 fully saturated rings. The summed E-state index contributed by atoms with van der Waals surface area (Å²) in [5, 5.41) is 13.7. The zero-order chi connectivity index (χ0) is 38.6. The molecule has 8 nitrogen and oxygen atoms in total. The normalized spacial score (nSPS) is 15.0. The molecule has 0 heterocycles. The SMILES string of the molecule is CCCCC/C=C\C/C=C\CCCCCCCC(=O)NC(COP(=O)([O-])OCC[N+](C)(C)C)C(O)/C=C/CC/C=C/CCCCCCCCCCC. The van der Waals surface area contributed by atoms with Crippen molar-refractivity contribution in [2.75, 3.05) is 40.9 Å². The number of nitrogens with one attached hydrogen (secondary N) is 1. The number of aliphatic hydroxyl groups excluding tert-OH is 1. The van der Waals surface area contributed by atoms with Crippen molar-refractivity contribution < 1.29 is 32.9 Å². The molecule has 0 aliphatic heterocycles. The average molecular weight is 753 g/mol. The van der Waals surface area contributed by atoms with E-state index in [9.17, 15) is 19.4 Å². The number of allylic oxidation sites excluding steroid dienone is 7. The minimum absolute atomic E-state index is 0.0107. The molecular formula is C43H81N2O6P. The van der Waals surface area contributed by atoms with Gasteiger partial charge in [0.1, 0.15) is 13.2 Å². The van der Waals surface area contributed by atoms with Crippen molar-refractivity contribution in [1.29, 1.82) is 0 Å². The van der Waals surface area contributed by atoms with Gasteiger partial charge in [-0.05, 0) is 64.2 Å². The standard InChI is InChI=1S/C43H81N2O6P/c1-6-8-10-12-14-16-18-20-22-24-26-28-30-32-34-36-42(46)41(40-51-52(48,49)50-39-38-45(3,4)5)44-43(47)37-35-33-31-29-27-25-23-21-19-17-15-13-11-9-7-2/h15,17,21,23,26,28,34,36,41-42,46H,6-14,16,18-20,22,24-25,27,29-33,35,37-40H2,1-5H3,(H-,44,47,48,49)/b17-15-,23-21-,28-26+,36-34+. The maximum atomic E-state index is 12.8. The van der Waals surface area contributed by atoms with Gasteiger partial charge in [0.15, 0.2) is 0 Å². The number of phosphoric acid groups is 1. The first-order chi connectivity index (χ1) is 25.0. The Labute approximate surface area is 320 Å². The Morgan fingerprint density at radius 3 is 1.71 bits per heavy atom. The van der Waals surface area contributed by atoms with E-state index in [2.05, 4.69) is 55.6 Å². The van der Waals surface area contributed by atoms with E-state index in [1.54, 1.807) is 6.08 Å². The number of amides is 1. The van der Waals surface area contributed by atoms with Crippen molar-refractivity contribution in [2.45, 2.75) is 180 Å². The fraction of sp³-hybridized carbons (Fsp3) is 0.791. The lowest BCUT2D eigenvalue weighted by molar-refractivity contribution is -0.870. The maximum Gasteiger partial charge on any atom is 0.268 e. The van der Waals surface area contributed by atoms with E-state index in [0.717, 1.165) is 64.2 Å². The summed E-state index contributed by atoms with van der Waals surface area (Å²) in [7, 11) is 1.23. The molecule has 3 atom stereocenters. The number of carbonyl (C=O) groups excluding carboxylic acids is 1. The number of phosphoric ester groups is 1. The van der Waals surface area contributed by atoms with Crippen LogP contribution in [0.1, 0.15) is 168 Å². The van der Waals surface area contributed by atoms with Gasteiger partial charge in [-0.3, -0.25) is 9.36 Å². The number of carbonyl (C=O) groups is 1. The van der Waals surface area contributed by atoms with Crippen LogP contribution in [0.25, 0.3) is 0 Å². The van der Waals surface area contributed by atoms with Gasteiger partial charge in [-0.25, -0.2) is 0 Å². The highest BCUT2D eigenvalue weighted by molar-refractivity contribution is 7.45. The molecule has 0 saturated heterocycles. The molecule has 1 amide bonds. The van der Waals surface area contributed by atoms with E-state index in [1.807, 2.05) is 27.2 Å². The van der Waals surface area contributed by atoms with Crippen molar-refractivity contribution in [3.8, 4) is 0 Å². The summed E-state index contributed by atoms with van der Waals surface area (Å²) in [6, 6.07) is -0.909. The van der Waals surface area contributed by atoms with Gasteiger partial charge in [-0.1, -0.05) is 146 Å². The van der Waals surface area contributed by atoms with E-state index < -0.39 is 26.6 Å². The van der Waals surface area contributed by atoms with E-state index in [0.29, 0.717) is 17.4 Å². The number of rotatable bonds is 37. The smallest absolute Gasteiger partial charge is 0.268 e. The molecular weight excluding hydrogens is 671 g/mol. The third-order valence-electron chi connectivity index (χ3n) is 9.01. The van der Waals surface area contributed by atoms with E-state index in [1.165, 1.54) is 83.5 Å². The van der Waals surface area contributed by atoms with Gasteiger partial charge < -0.3 is 28.8 Å². The molecule has 0 aromatic rings.